The van der Waals surface area contributed by atoms with Gasteiger partial charge in [0.15, 0.2) is 0 Å². The number of hydrogen-bond acceptors (Lipinski definition) is 2. The van der Waals surface area contributed by atoms with Crippen molar-refractivity contribution in [1.29, 1.82) is 0 Å². The Bertz CT molecular complexity index is 1200. The summed E-state index contributed by atoms with van der Waals surface area (Å²) >= 11 is 0. The van der Waals surface area contributed by atoms with Crippen molar-refractivity contribution < 1.29 is 0 Å². The van der Waals surface area contributed by atoms with Gasteiger partial charge in [-0.2, -0.15) is 0 Å². The second-order valence-electron chi connectivity index (χ2n) is 8.73. The van der Waals surface area contributed by atoms with Crippen molar-refractivity contribution in [3.63, 3.8) is 0 Å². The maximum atomic E-state index is 6.73. The molecule has 0 aliphatic heterocycles. The fourth-order valence-corrected chi connectivity index (χ4v) is 9.13. The van der Waals surface area contributed by atoms with Crippen molar-refractivity contribution in [2.75, 3.05) is 11.5 Å². The smallest absolute Gasteiger partial charge is 0.0587 e. The molecule has 5 aromatic carbocycles. The molecule has 36 heavy (non-hydrogen) atoms. The van der Waals surface area contributed by atoms with Crippen LogP contribution in [0.2, 0.25) is 0 Å². The Kier molecular flexibility index (Phi) is 7.77. The normalized spacial score (nSPS) is 11.2. The molecule has 178 valence electrons. The van der Waals surface area contributed by atoms with Gasteiger partial charge in [-0.15, -0.1) is 0 Å². The fraction of sp³-hybridized carbons (Fsp3) is 0.0625. The molecule has 0 fully saturated rings. The largest absolute Gasteiger partial charge is 0.397 e. The Labute approximate surface area is 216 Å². The van der Waals surface area contributed by atoms with E-state index in [1.807, 2.05) is 0 Å². The zero-order valence-electron chi connectivity index (χ0n) is 20.2. The molecule has 0 aromatic heterocycles. The molecular weight excluding hydrogens is 474 g/mol. The Morgan fingerprint density at radius 1 is 0.361 bits per heavy atom. The second-order valence-corrected chi connectivity index (χ2v) is 13.1. The van der Waals surface area contributed by atoms with Crippen molar-refractivity contribution >= 4 is 48.4 Å². The van der Waals surface area contributed by atoms with Crippen LogP contribution in [0.5, 0.6) is 0 Å². The number of rotatable bonds is 8. The van der Waals surface area contributed by atoms with Crippen molar-refractivity contribution in [2.24, 2.45) is 0 Å². The minimum absolute atomic E-state index is 0.586. The van der Waals surface area contributed by atoms with E-state index in [1.165, 1.54) is 21.2 Å². The van der Waals surface area contributed by atoms with Gasteiger partial charge in [-0.1, -0.05) is 133 Å². The van der Waals surface area contributed by atoms with E-state index < -0.39 is 15.8 Å². The SMILES string of the molecule is Nc1c(CP(c2ccccc2)c2ccccc2)ccc(CP(c2ccccc2)c2ccccc2)c1N. The molecule has 0 spiro atoms. The molecule has 2 nitrogen and oxygen atoms in total. The highest BCUT2D eigenvalue weighted by molar-refractivity contribution is 7.72. The van der Waals surface area contributed by atoms with E-state index in [0.717, 1.165) is 34.8 Å². The zero-order chi connectivity index (χ0) is 24.7. The third-order valence-corrected chi connectivity index (χ3v) is 11.4. The summed E-state index contributed by atoms with van der Waals surface area (Å²) < 4.78 is 0. The van der Waals surface area contributed by atoms with Gasteiger partial charge in [0.05, 0.1) is 11.4 Å². The van der Waals surface area contributed by atoms with Gasteiger partial charge in [0.1, 0.15) is 0 Å². The minimum Gasteiger partial charge on any atom is -0.397 e. The highest BCUT2D eigenvalue weighted by atomic mass is 31.1. The summed E-state index contributed by atoms with van der Waals surface area (Å²) in [6.07, 6.45) is 1.73. The lowest BCUT2D eigenvalue weighted by Gasteiger charge is -2.23. The van der Waals surface area contributed by atoms with E-state index in [-0.39, 0.29) is 0 Å². The molecule has 0 amide bonds. The molecule has 5 aromatic rings. The van der Waals surface area contributed by atoms with Crippen LogP contribution in [0.15, 0.2) is 133 Å². The monoisotopic (exact) mass is 504 g/mol. The first-order valence-electron chi connectivity index (χ1n) is 12.1. The van der Waals surface area contributed by atoms with Gasteiger partial charge >= 0.3 is 0 Å². The van der Waals surface area contributed by atoms with Crippen LogP contribution in [-0.4, -0.2) is 0 Å². The average Bonchev–Trinajstić information content (AvgIpc) is 2.95. The molecule has 4 heteroatoms. The molecular formula is C32H30N2P2. The minimum atomic E-state index is -0.586. The number of anilines is 2. The molecule has 0 aliphatic carbocycles. The van der Waals surface area contributed by atoms with Crippen LogP contribution in [0.25, 0.3) is 0 Å². The Morgan fingerprint density at radius 2 is 0.611 bits per heavy atom. The number of nitrogens with two attached hydrogens (primary N) is 2. The molecule has 0 radical (unpaired) electrons. The van der Waals surface area contributed by atoms with Gasteiger partial charge in [0.2, 0.25) is 0 Å². The van der Waals surface area contributed by atoms with Crippen molar-refractivity contribution in [1.82, 2.24) is 0 Å². The Hall–Kier alpha value is -3.44. The maximum Gasteiger partial charge on any atom is 0.0587 e. The molecule has 4 N–H and O–H groups in total. The maximum absolute atomic E-state index is 6.73. The van der Waals surface area contributed by atoms with Gasteiger partial charge in [0.25, 0.3) is 0 Å². The molecule has 5 rings (SSSR count). The van der Waals surface area contributed by atoms with Crippen LogP contribution >= 0.6 is 15.8 Å². The number of benzene rings is 5. The highest BCUT2D eigenvalue weighted by Gasteiger charge is 2.20. The molecule has 0 aliphatic rings. The van der Waals surface area contributed by atoms with E-state index >= 15 is 0 Å². The first-order valence-corrected chi connectivity index (χ1v) is 15.2. The summed E-state index contributed by atoms with van der Waals surface area (Å²) in [6.45, 7) is 0. The lowest BCUT2D eigenvalue weighted by atomic mass is 10.1. The highest BCUT2D eigenvalue weighted by Crippen LogP contribution is 2.44. The predicted octanol–water partition coefficient (Wildman–Crippen LogP) is 6.12. The third kappa shape index (κ3) is 5.52. The fourth-order valence-electron chi connectivity index (χ4n) is 4.44. The molecule has 0 unspecified atom stereocenters. The van der Waals surface area contributed by atoms with E-state index in [9.17, 15) is 0 Å². The van der Waals surface area contributed by atoms with Gasteiger partial charge in [-0.3, -0.25) is 0 Å². The first-order chi connectivity index (χ1) is 17.7. The first kappa shape index (κ1) is 24.3. The van der Waals surface area contributed by atoms with E-state index in [0.29, 0.717) is 0 Å². The number of nitrogen functional groups attached to an aromatic ring is 2. The van der Waals surface area contributed by atoms with Crippen LogP contribution in [0.3, 0.4) is 0 Å². The lowest BCUT2D eigenvalue weighted by Crippen LogP contribution is -2.15. The van der Waals surface area contributed by atoms with Gasteiger partial charge in [0, 0.05) is 12.3 Å². The van der Waals surface area contributed by atoms with Crippen molar-refractivity contribution in [3.05, 3.63) is 145 Å². The zero-order valence-corrected chi connectivity index (χ0v) is 22.0. The Morgan fingerprint density at radius 3 is 0.861 bits per heavy atom. The third-order valence-electron chi connectivity index (χ3n) is 6.40. The van der Waals surface area contributed by atoms with Crippen LogP contribution < -0.4 is 32.7 Å². The predicted molar refractivity (Wildman–Crippen MR) is 161 cm³/mol. The van der Waals surface area contributed by atoms with Crippen LogP contribution in [0.4, 0.5) is 11.4 Å². The topological polar surface area (TPSA) is 52.0 Å². The summed E-state index contributed by atoms with van der Waals surface area (Å²) in [5.74, 6) is 0. The molecule has 0 heterocycles. The van der Waals surface area contributed by atoms with Crippen molar-refractivity contribution in [3.8, 4) is 0 Å². The molecule has 0 atom stereocenters. The van der Waals surface area contributed by atoms with Crippen LogP contribution in [0.1, 0.15) is 11.1 Å². The molecule has 0 saturated carbocycles. The number of hydrogen-bond donors (Lipinski definition) is 2. The standard InChI is InChI=1S/C32H30N2P2/c33-31-25(23-35(27-13-5-1-6-14-27)28-15-7-2-8-16-28)21-22-26(32(31)34)24-36(29-17-9-3-10-18-29)30-19-11-4-12-20-30/h1-22H,23-24,33-34H2. The summed E-state index contributed by atoms with van der Waals surface area (Å²) in [7, 11) is -1.17. The quantitative estimate of drug-likeness (QED) is 0.198. The van der Waals surface area contributed by atoms with Crippen molar-refractivity contribution in [2.45, 2.75) is 12.3 Å². The Balaban J connectivity index is 1.47. The van der Waals surface area contributed by atoms with Gasteiger partial charge in [-0.25, -0.2) is 0 Å². The summed E-state index contributed by atoms with van der Waals surface area (Å²) in [5.41, 5.74) is 17.2. The summed E-state index contributed by atoms with van der Waals surface area (Å²) in [5, 5.41) is 5.38. The second kappa shape index (κ2) is 11.5. The van der Waals surface area contributed by atoms with E-state index in [2.05, 4.69) is 133 Å². The van der Waals surface area contributed by atoms with Gasteiger partial charge < -0.3 is 11.5 Å². The van der Waals surface area contributed by atoms with E-state index in [4.69, 9.17) is 11.5 Å². The summed E-state index contributed by atoms with van der Waals surface area (Å²) in [4.78, 5) is 0. The van der Waals surface area contributed by atoms with Crippen LogP contribution in [0, 0.1) is 0 Å². The lowest BCUT2D eigenvalue weighted by molar-refractivity contribution is 1.34. The summed E-state index contributed by atoms with van der Waals surface area (Å²) in [6, 6.07) is 47.4. The molecule has 0 saturated heterocycles. The van der Waals surface area contributed by atoms with Gasteiger partial charge in [-0.05, 0) is 48.2 Å². The average molecular weight is 505 g/mol. The van der Waals surface area contributed by atoms with Crippen LogP contribution in [-0.2, 0) is 12.3 Å². The molecule has 0 bridgehead atoms. The van der Waals surface area contributed by atoms with E-state index in [1.54, 1.807) is 0 Å².